The lowest BCUT2D eigenvalue weighted by atomic mass is 10.0. The molecule has 0 fully saturated rings. The van der Waals surface area contributed by atoms with Crippen LogP contribution in [0.4, 0.5) is 0 Å². The third kappa shape index (κ3) is 19.4. The molecule has 0 aliphatic carbocycles. The molecule has 14 aromatic carbocycles. The van der Waals surface area contributed by atoms with Gasteiger partial charge in [0.1, 0.15) is 0 Å². The smallest absolute Gasteiger partial charge is 0.164 e. The quantitative estimate of drug-likeness (QED) is 0.104. The second-order valence-electron chi connectivity index (χ2n) is 25.7. The second-order valence-corrected chi connectivity index (χ2v) is 29.3. The van der Waals surface area contributed by atoms with Crippen LogP contribution in [0.3, 0.4) is 0 Å². The number of halogens is 4. The van der Waals surface area contributed by atoms with E-state index in [1.165, 1.54) is 16.7 Å². The Labute approximate surface area is 684 Å². The lowest BCUT2D eigenvalue weighted by Crippen LogP contribution is -2.00. The van der Waals surface area contributed by atoms with Crippen LogP contribution in [-0.4, -0.2) is 49.8 Å². The monoisotopic (exact) mass is 1700 g/mol. The molecule has 0 aliphatic rings. The van der Waals surface area contributed by atoms with Gasteiger partial charge in [0.2, 0.25) is 0 Å². The highest BCUT2D eigenvalue weighted by Gasteiger charge is 2.17. The van der Waals surface area contributed by atoms with Crippen LogP contribution in [0.5, 0.6) is 0 Å². The van der Waals surface area contributed by atoms with Crippen LogP contribution in [0.1, 0.15) is 0 Å². The summed E-state index contributed by atoms with van der Waals surface area (Å²) >= 11 is 14.0. The summed E-state index contributed by atoms with van der Waals surface area (Å²) in [5.41, 5.74) is 20.4. The molecule has 0 amide bonds. The van der Waals surface area contributed by atoms with E-state index >= 15 is 0 Å². The number of rotatable bonds is 14. The van der Waals surface area contributed by atoms with Crippen molar-refractivity contribution in [3.05, 3.63) is 418 Å². The summed E-state index contributed by atoms with van der Waals surface area (Å²) in [6.45, 7) is 0. The predicted molar refractivity (Wildman–Crippen MR) is 471 cm³/mol. The molecule has 18 aromatic rings. The standard InChI is InChI=1S/C28H19BrN2.C27H18BrN3.C22H15BrN2.C21H14BrN3/c29-25-17-15-21(16-18-25)20-11-13-23(14-12-20)27-19-26(22-7-3-1-4-8-22)30-28(31-27)24-9-5-2-6-10-24;28-24-17-15-20(16-18-24)19-11-13-23(14-12-19)27-30-25(21-7-3-1-4-8-21)29-26(31-27)22-9-5-2-6-10-22;23-19-13-7-12-18(14-19)22-24-20(16-8-3-1-4-9-16)15-21(25-22)17-10-5-2-6-11-17;22-18-13-7-12-17(14-18)21-24-19(15-8-3-1-4-9-15)23-20(25-21)16-10-5-2-6-11-16/h1-19H;1-18H;1-15H;1-14H. The molecule has 0 saturated carbocycles. The van der Waals surface area contributed by atoms with Crippen molar-refractivity contribution in [3.63, 3.8) is 0 Å². The van der Waals surface area contributed by atoms with Crippen LogP contribution in [-0.2, 0) is 0 Å². The first-order valence-corrected chi connectivity index (χ1v) is 39.3. The topological polar surface area (TPSA) is 129 Å². The van der Waals surface area contributed by atoms with Gasteiger partial charge in [-0.3, -0.25) is 0 Å². The first-order chi connectivity index (χ1) is 55.1. The van der Waals surface area contributed by atoms with Gasteiger partial charge in [-0.05, 0) is 82.9 Å². The molecule has 0 N–H and O–H groups in total. The van der Waals surface area contributed by atoms with Crippen molar-refractivity contribution in [1.29, 1.82) is 0 Å². The van der Waals surface area contributed by atoms with E-state index in [2.05, 4.69) is 196 Å². The van der Waals surface area contributed by atoms with E-state index in [1.807, 2.05) is 273 Å². The fourth-order valence-electron chi connectivity index (χ4n) is 12.2. The van der Waals surface area contributed by atoms with Crippen molar-refractivity contribution >= 4 is 63.7 Å². The molecule has 536 valence electrons. The maximum absolute atomic E-state index is 4.90. The van der Waals surface area contributed by atoms with Gasteiger partial charge in [0.15, 0.2) is 46.6 Å². The Morgan fingerprint density at radius 3 is 0.536 bits per heavy atom. The zero-order chi connectivity index (χ0) is 76.2. The van der Waals surface area contributed by atoms with Gasteiger partial charge < -0.3 is 0 Å². The molecule has 14 heteroatoms. The fourth-order valence-corrected chi connectivity index (χ4v) is 13.5. The highest BCUT2D eigenvalue weighted by molar-refractivity contribution is 9.11. The van der Waals surface area contributed by atoms with E-state index in [-0.39, 0.29) is 0 Å². The molecule has 4 heterocycles. The van der Waals surface area contributed by atoms with E-state index in [0.717, 1.165) is 125 Å². The molecule has 4 aromatic heterocycles. The van der Waals surface area contributed by atoms with Crippen molar-refractivity contribution in [2.24, 2.45) is 0 Å². The molecular formula is C98H66Br4N10. The zero-order valence-electron chi connectivity index (χ0n) is 60.1. The summed E-state index contributed by atoms with van der Waals surface area (Å²) < 4.78 is 4.16. The van der Waals surface area contributed by atoms with Crippen molar-refractivity contribution in [3.8, 4) is 158 Å². The summed E-state index contributed by atoms with van der Waals surface area (Å²) in [5.74, 6) is 5.45. The van der Waals surface area contributed by atoms with Gasteiger partial charge in [-0.15, -0.1) is 0 Å². The second kappa shape index (κ2) is 36.6. The summed E-state index contributed by atoms with van der Waals surface area (Å²) in [6, 6.07) is 134. The third-order valence-corrected chi connectivity index (χ3v) is 20.0. The highest BCUT2D eigenvalue weighted by atomic mass is 79.9. The largest absolute Gasteiger partial charge is 0.228 e. The number of hydrogen-bond donors (Lipinski definition) is 0. The maximum atomic E-state index is 4.90. The van der Waals surface area contributed by atoms with Gasteiger partial charge in [0.05, 0.1) is 22.8 Å². The Morgan fingerprint density at radius 2 is 0.286 bits per heavy atom. The van der Waals surface area contributed by atoms with Crippen molar-refractivity contribution in [2.45, 2.75) is 0 Å². The molecule has 0 bridgehead atoms. The van der Waals surface area contributed by atoms with Crippen LogP contribution in [0.25, 0.3) is 158 Å². The molecule has 0 saturated heterocycles. The van der Waals surface area contributed by atoms with Crippen LogP contribution in [0, 0.1) is 0 Å². The van der Waals surface area contributed by atoms with Crippen LogP contribution in [0.15, 0.2) is 418 Å². The SMILES string of the molecule is Brc1ccc(-c2ccc(-c3cc(-c4ccccc4)nc(-c4ccccc4)n3)cc2)cc1.Brc1ccc(-c2ccc(-c3nc(-c4ccccc4)nc(-c4ccccc4)n3)cc2)cc1.Brc1cccc(-c2nc(-c3ccccc3)cc(-c3ccccc3)n2)c1.Brc1cccc(-c2nc(-c3ccccc3)nc(-c3ccccc3)n2)c1. The lowest BCUT2D eigenvalue weighted by Gasteiger charge is -2.10. The van der Waals surface area contributed by atoms with Gasteiger partial charge in [0, 0.05) is 84.7 Å². The Bertz CT molecular complexity index is 5500. The van der Waals surface area contributed by atoms with E-state index in [0.29, 0.717) is 34.9 Å². The van der Waals surface area contributed by atoms with Crippen molar-refractivity contribution < 1.29 is 0 Å². The van der Waals surface area contributed by atoms with E-state index in [1.54, 1.807) is 0 Å². The highest BCUT2D eigenvalue weighted by Crippen LogP contribution is 2.35. The van der Waals surface area contributed by atoms with Gasteiger partial charge in [-0.25, -0.2) is 49.8 Å². The van der Waals surface area contributed by atoms with Crippen molar-refractivity contribution in [2.75, 3.05) is 0 Å². The first-order valence-electron chi connectivity index (χ1n) is 36.1. The average molecular weight is 1700 g/mol. The van der Waals surface area contributed by atoms with E-state index in [4.69, 9.17) is 44.9 Å². The number of hydrogen-bond acceptors (Lipinski definition) is 10. The van der Waals surface area contributed by atoms with Gasteiger partial charge in [-0.1, -0.05) is 403 Å². The molecule has 10 nitrogen and oxygen atoms in total. The minimum atomic E-state index is 0.661. The van der Waals surface area contributed by atoms with Crippen LogP contribution < -0.4 is 0 Å². The predicted octanol–water partition coefficient (Wildman–Crippen LogP) is 27.1. The minimum absolute atomic E-state index is 0.661. The Balaban J connectivity index is 0.000000119. The summed E-state index contributed by atoms with van der Waals surface area (Å²) in [5, 5.41) is 0. The fraction of sp³-hybridized carbons (Fsp3) is 0. The van der Waals surface area contributed by atoms with E-state index < -0.39 is 0 Å². The first kappa shape index (κ1) is 74.6. The maximum Gasteiger partial charge on any atom is 0.164 e. The Morgan fingerprint density at radius 1 is 0.116 bits per heavy atom. The number of benzene rings is 14. The summed E-state index contributed by atoms with van der Waals surface area (Å²) in [4.78, 5) is 47.8. The average Bonchev–Trinajstić information content (AvgIpc) is 0.675. The van der Waals surface area contributed by atoms with Gasteiger partial charge in [-0.2, -0.15) is 0 Å². The number of aromatic nitrogens is 10. The lowest BCUT2D eigenvalue weighted by molar-refractivity contribution is 1.07. The van der Waals surface area contributed by atoms with Crippen LogP contribution >= 0.6 is 63.7 Å². The molecule has 0 radical (unpaired) electrons. The molecule has 0 aliphatic heterocycles. The van der Waals surface area contributed by atoms with Crippen molar-refractivity contribution in [1.82, 2.24) is 49.8 Å². The molecule has 0 atom stereocenters. The van der Waals surface area contributed by atoms with Gasteiger partial charge in [0.25, 0.3) is 0 Å². The number of nitrogens with zero attached hydrogens (tertiary/aromatic N) is 10. The third-order valence-electron chi connectivity index (χ3n) is 17.9. The normalized spacial score (nSPS) is 10.7. The molecule has 18 rings (SSSR count). The molecule has 0 unspecified atom stereocenters. The Kier molecular flexibility index (Phi) is 24.4. The van der Waals surface area contributed by atoms with Gasteiger partial charge >= 0.3 is 0 Å². The van der Waals surface area contributed by atoms with Crippen LogP contribution in [0.2, 0.25) is 0 Å². The minimum Gasteiger partial charge on any atom is -0.228 e. The van der Waals surface area contributed by atoms with E-state index in [9.17, 15) is 0 Å². The zero-order valence-corrected chi connectivity index (χ0v) is 66.4. The molecule has 0 spiro atoms. The summed E-state index contributed by atoms with van der Waals surface area (Å²) in [7, 11) is 0. The molecular weight excluding hydrogens is 1640 g/mol. The Hall–Kier alpha value is -12.8. The molecule has 112 heavy (non-hydrogen) atoms. The summed E-state index contributed by atoms with van der Waals surface area (Å²) in [6.07, 6.45) is 0.